The minimum absolute atomic E-state index is 0.0829. The first-order valence-corrected chi connectivity index (χ1v) is 8.07. The first kappa shape index (κ1) is 14.4. The van der Waals surface area contributed by atoms with E-state index in [1.54, 1.807) is 12.1 Å². The van der Waals surface area contributed by atoms with Crippen molar-refractivity contribution in [1.82, 2.24) is 9.88 Å². The molecule has 0 bridgehead atoms. The Morgan fingerprint density at radius 3 is 2.86 bits per heavy atom. The number of carbonyl (C=O) groups is 1. The van der Waals surface area contributed by atoms with Crippen LogP contribution in [0.2, 0.25) is 0 Å². The first-order valence-electron chi connectivity index (χ1n) is 8.07. The van der Waals surface area contributed by atoms with Crippen LogP contribution in [0.1, 0.15) is 55.1 Å². The van der Waals surface area contributed by atoms with E-state index in [0.717, 1.165) is 31.0 Å². The molecule has 2 aliphatic rings. The van der Waals surface area contributed by atoms with Gasteiger partial charge in [-0.05, 0) is 63.0 Å². The number of hydrogen-bond donors (Lipinski definition) is 1. The van der Waals surface area contributed by atoms with Crippen LogP contribution in [0.4, 0.5) is 0 Å². The molecule has 21 heavy (non-hydrogen) atoms. The van der Waals surface area contributed by atoms with Crippen LogP contribution >= 0.6 is 0 Å². The Bertz CT molecular complexity index is 593. The van der Waals surface area contributed by atoms with Gasteiger partial charge in [0.1, 0.15) is 5.56 Å². The maximum absolute atomic E-state index is 12.8. The Morgan fingerprint density at radius 1 is 1.29 bits per heavy atom. The van der Waals surface area contributed by atoms with Crippen molar-refractivity contribution in [3.8, 4) is 0 Å². The molecule has 1 amide bonds. The molecule has 0 unspecified atom stereocenters. The predicted molar refractivity (Wildman–Crippen MR) is 82.4 cm³/mol. The average molecular weight is 288 g/mol. The van der Waals surface area contributed by atoms with Crippen LogP contribution < -0.4 is 5.56 Å². The van der Waals surface area contributed by atoms with Crippen molar-refractivity contribution in [3.05, 3.63) is 33.7 Å². The molecular formula is C17H24N2O2. The van der Waals surface area contributed by atoms with E-state index in [4.69, 9.17) is 0 Å². The van der Waals surface area contributed by atoms with Gasteiger partial charge in [-0.15, -0.1) is 0 Å². The summed E-state index contributed by atoms with van der Waals surface area (Å²) in [6.45, 7) is 4.93. The molecule has 1 aliphatic heterocycles. The Hall–Kier alpha value is -1.58. The van der Waals surface area contributed by atoms with Crippen molar-refractivity contribution < 1.29 is 4.79 Å². The zero-order chi connectivity index (χ0) is 15.0. The van der Waals surface area contributed by atoms with Gasteiger partial charge in [-0.1, -0.05) is 6.92 Å². The molecule has 1 saturated carbocycles. The second-order valence-electron chi connectivity index (χ2n) is 6.77. The molecule has 1 aromatic heterocycles. The maximum atomic E-state index is 12.8. The highest BCUT2D eigenvalue weighted by molar-refractivity contribution is 5.94. The maximum Gasteiger partial charge on any atom is 0.260 e. The summed E-state index contributed by atoms with van der Waals surface area (Å²) >= 11 is 0. The van der Waals surface area contributed by atoms with Gasteiger partial charge < -0.3 is 9.88 Å². The van der Waals surface area contributed by atoms with E-state index in [9.17, 15) is 9.59 Å². The normalized spacial score (nSPS) is 29.0. The molecule has 2 heterocycles. The molecule has 2 fully saturated rings. The second kappa shape index (κ2) is 5.66. The van der Waals surface area contributed by atoms with Crippen molar-refractivity contribution in [1.29, 1.82) is 0 Å². The molecule has 0 radical (unpaired) electrons. The summed E-state index contributed by atoms with van der Waals surface area (Å²) < 4.78 is 0. The lowest BCUT2D eigenvalue weighted by Crippen LogP contribution is -2.51. The van der Waals surface area contributed by atoms with Gasteiger partial charge in [0, 0.05) is 18.3 Å². The van der Waals surface area contributed by atoms with Crippen LogP contribution in [0.5, 0.6) is 0 Å². The van der Waals surface area contributed by atoms with Gasteiger partial charge in [-0.25, -0.2) is 0 Å². The second-order valence-corrected chi connectivity index (χ2v) is 6.77. The summed E-state index contributed by atoms with van der Waals surface area (Å²) in [6.07, 6.45) is 5.78. The number of carbonyl (C=O) groups excluding carboxylic acids is 1. The number of nitrogens with zero attached hydrogens (tertiary/aromatic N) is 1. The third-order valence-corrected chi connectivity index (χ3v) is 5.13. The SMILES string of the molecule is Cc1ccc(C(=O)N2CCC[C@@H]3C[C@@H](C)CC[C@H]32)c(=O)[nH]1. The van der Waals surface area contributed by atoms with E-state index in [1.807, 2.05) is 11.8 Å². The van der Waals surface area contributed by atoms with Gasteiger partial charge >= 0.3 is 0 Å². The number of pyridine rings is 1. The van der Waals surface area contributed by atoms with Gasteiger partial charge in [0.05, 0.1) is 0 Å². The van der Waals surface area contributed by atoms with Crippen LogP contribution in [-0.4, -0.2) is 28.4 Å². The Kier molecular flexibility index (Phi) is 3.87. The minimum Gasteiger partial charge on any atom is -0.335 e. The summed E-state index contributed by atoms with van der Waals surface area (Å²) in [5, 5.41) is 0. The largest absolute Gasteiger partial charge is 0.335 e. The Balaban J connectivity index is 1.85. The number of aromatic nitrogens is 1. The van der Waals surface area contributed by atoms with Crippen molar-refractivity contribution >= 4 is 5.91 Å². The molecule has 1 N–H and O–H groups in total. The molecule has 1 aliphatic carbocycles. The summed E-state index contributed by atoms with van der Waals surface area (Å²) in [4.78, 5) is 29.5. The van der Waals surface area contributed by atoms with Gasteiger partial charge in [-0.2, -0.15) is 0 Å². The quantitative estimate of drug-likeness (QED) is 0.864. The van der Waals surface area contributed by atoms with Crippen molar-refractivity contribution in [3.63, 3.8) is 0 Å². The molecule has 4 heteroatoms. The highest BCUT2D eigenvalue weighted by Gasteiger charge is 2.38. The van der Waals surface area contributed by atoms with Crippen LogP contribution in [0.15, 0.2) is 16.9 Å². The standard InChI is InChI=1S/C17H24N2O2/c1-11-5-8-15-13(10-11)4-3-9-19(15)17(21)14-7-6-12(2)18-16(14)20/h6-7,11,13,15H,3-5,8-10H2,1-2H3,(H,18,20)/t11-,13+,15+/m0/s1. The van der Waals surface area contributed by atoms with Crippen LogP contribution in [0, 0.1) is 18.8 Å². The highest BCUT2D eigenvalue weighted by atomic mass is 16.2. The summed E-state index contributed by atoms with van der Waals surface area (Å²) in [7, 11) is 0. The van der Waals surface area contributed by atoms with Gasteiger partial charge in [0.15, 0.2) is 0 Å². The van der Waals surface area contributed by atoms with Crippen molar-refractivity contribution in [2.75, 3.05) is 6.54 Å². The molecule has 3 atom stereocenters. The number of piperidine rings is 1. The molecule has 1 saturated heterocycles. The Morgan fingerprint density at radius 2 is 2.10 bits per heavy atom. The van der Waals surface area contributed by atoms with E-state index < -0.39 is 0 Å². The smallest absolute Gasteiger partial charge is 0.260 e. The fourth-order valence-electron chi connectivity index (χ4n) is 4.04. The summed E-state index contributed by atoms with van der Waals surface area (Å²) in [5.41, 5.74) is 0.825. The van der Waals surface area contributed by atoms with Gasteiger partial charge in [-0.3, -0.25) is 9.59 Å². The average Bonchev–Trinajstić information content (AvgIpc) is 2.45. The first-order chi connectivity index (χ1) is 10.1. The van der Waals surface area contributed by atoms with E-state index in [0.29, 0.717) is 17.5 Å². The third-order valence-electron chi connectivity index (χ3n) is 5.13. The van der Waals surface area contributed by atoms with Gasteiger partial charge in [0.2, 0.25) is 0 Å². The lowest BCUT2D eigenvalue weighted by molar-refractivity contribution is 0.0320. The third kappa shape index (κ3) is 2.76. The number of likely N-dealkylation sites (tertiary alicyclic amines) is 1. The molecule has 4 nitrogen and oxygen atoms in total. The lowest BCUT2D eigenvalue weighted by Gasteiger charge is -2.45. The number of amides is 1. The topological polar surface area (TPSA) is 53.2 Å². The number of aromatic amines is 1. The fourth-order valence-corrected chi connectivity index (χ4v) is 4.04. The summed E-state index contributed by atoms with van der Waals surface area (Å²) in [6, 6.07) is 3.81. The predicted octanol–water partition coefficient (Wildman–Crippen LogP) is 2.72. The number of H-pyrrole nitrogens is 1. The van der Waals surface area contributed by atoms with Crippen molar-refractivity contribution in [2.45, 2.75) is 52.0 Å². The van der Waals surface area contributed by atoms with E-state index in [1.165, 1.54) is 19.3 Å². The highest BCUT2D eigenvalue weighted by Crippen LogP contribution is 2.38. The van der Waals surface area contributed by atoms with E-state index in [2.05, 4.69) is 11.9 Å². The van der Waals surface area contributed by atoms with Crippen LogP contribution in [0.25, 0.3) is 0 Å². The van der Waals surface area contributed by atoms with Gasteiger partial charge in [0.25, 0.3) is 11.5 Å². The van der Waals surface area contributed by atoms with Crippen LogP contribution in [0.3, 0.4) is 0 Å². The number of nitrogens with one attached hydrogen (secondary N) is 1. The molecule has 0 aromatic carbocycles. The van der Waals surface area contributed by atoms with E-state index >= 15 is 0 Å². The summed E-state index contributed by atoms with van der Waals surface area (Å²) in [5.74, 6) is 1.31. The fraction of sp³-hybridized carbons (Fsp3) is 0.647. The van der Waals surface area contributed by atoms with Crippen LogP contribution in [-0.2, 0) is 0 Å². The molecule has 0 spiro atoms. The monoisotopic (exact) mass is 288 g/mol. The lowest BCUT2D eigenvalue weighted by atomic mass is 9.74. The zero-order valence-corrected chi connectivity index (χ0v) is 12.9. The van der Waals surface area contributed by atoms with E-state index in [-0.39, 0.29) is 11.5 Å². The molecule has 1 aromatic rings. The number of aryl methyl sites for hydroxylation is 1. The molecule has 3 rings (SSSR count). The molecule has 114 valence electrons. The minimum atomic E-state index is -0.258. The number of hydrogen-bond acceptors (Lipinski definition) is 2. The Labute approximate surface area is 125 Å². The number of rotatable bonds is 1. The number of fused-ring (bicyclic) bond motifs is 1. The zero-order valence-electron chi connectivity index (χ0n) is 12.9. The van der Waals surface area contributed by atoms with Crippen molar-refractivity contribution in [2.24, 2.45) is 11.8 Å². The molecular weight excluding hydrogens is 264 g/mol.